The van der Waals surface area contributed by atoms with Crippen molar-refractivity contribution in [2.45, 2.75) is 13.0 Å². The van der Waals surface area contributed by atoms with Crippen molar-refractivity contribution in [3.63, 3.8) is 0 Å². The van der Waals surface area contributed by atoms with E-state index in [4.69, 9.17) is 21.1 Å². The molecule has 0 bridgehead atoms. The third-order valence-corrected chi connectivity index (χ3v) is 4.06. The number of halogens is 1. The predicted molar refractivity (Wildman–Crippen MR) is 84.3 cm³/mol. The third-order valence-electron chi connectivity index (χ3n) is 2.85. The quantitative estimate of drug-likeness (QED) is 0.844. The van der Waals surface area contributed by atoms with E-state index in [1.165, 1.54) is 4.88 Å². The molecule has 2 rings (SSSR count). The summed E-state index contributed by atoms with van der Waals surface area (Å²) >= 11 is 8.01. The summed E-state index contributed by atoms with van der Waals surface area (Å²) in [6.07, 6.45) is 0.870. The Hall–Kier alpha value is -1.23. The van der Waals surface area contributed by atoms with Gasteiger partial charge in [-0.25, -0.2) is 0 Å². The molecule has 2 aromatic rings. The topological polar surface area (TPSA) is 30.5 Å². The number of ether oxygens (including phenoxy) is 2. The van der Waals surface area contributed by atoms with Crippen molar-refractivity contribution in [1.29, 1.82) is 0 Å². The number of benzene rings is 1. The average molecular weight is 312 g/mol. The largest absolute Gasteiger partial charge is 0.493 e. The van der Waals surface area contributed by atoms with E-state index in [0.29, 0.717) is 23.1 Å². The van der Waals surface area contributed by atoms with Crippen molar-refractivity contribution in [1.82, 2.24) is 5.32 Å². The monoisotopic (exact) mass is 311 g/mol. The number of hydrogen-bond donors (Lipinski definition) is 1. The van der Waals surface area contributed by atoms with Gasteiger partial charge in [-0.2, -0.15) is 0 Å². The van der Waals surface area contributed by atoms with Gasteiger partial charge in [-0.1, -0.05) is 17.7 Å². The molecule has 0 atom stereocenters. The van der Waals surface area contributed by atoms with Crippen LogP contribution in [-0.4, -0.2) is 20.8 Å². The molecule has 108 valence electrons. The van der Waals surface area contributed by atoms with Crippen LogP contribution >= 0.6 is 22.9 Å². The molecule has 0 amide bonds. The van der Waals surface area contributed by atoms with Crippen LogP contribution in [0.2, 0.25) is 5.02 Å². The standard InChI is InChI=1S/C15H18ClNO2S/c1-17-10-11-8-13(16)15(14(9-11)18-2)19-6-5-12-4-3-7-20-12/h3-4,7-9,17H,5-6,10H2,1-2H3. The highest BCUT2D eigenvalue weighted by Gasteiger charge is 2.12. The Balaban J connectivity index is 2.06. The van der Waals surface area contributed by atoms with Gasteiger partial charge < -0.3 is 14.8 Å². The molecule has 0 aliphatic carbocycles. The Morgan fingerprint density at radius 3 is 2.85 bits per heavy atom. The summed E-state index contributed by atoms with van der Waals surface area (Å²) < 4.78 is 11.2. The second kappa shape index (κ2) is 7.53. The number of hydrogen-bond acceptors (Lipinski definition) is 4. The number of thiophene rings is 1. The van der Waals surface area contributed by atoms with Gasteiger partial charge in [0.25, 0.3) is 0 Å². The van der Waals surface area contributed by atoms with E-state index in [1.807, 2.05) is 25.2 Å². The first-order valence-corrected chi connectivity index (χ1v) is 7.66. The van der Waals surface area contributed by atoms with Crippen LogP contribution in [0.1, 0.15) is 10.4 Å². The van der Waals surface area contributed by atoms with E-state index in [-0.39, 0.29) is 0 Å². The maximum atomic E-state index is 6.28. The van der Waals surface area contributed by atoms with E-state index in [0.717, 1.165) is 18.5 Å². The highest BCUT2D eigenvalue weighted by atomic mass is 35.5. The molecule has 0 aliphatic heterocycles. The lowest BCUT2D eigenvalue weighted by molar-refractivity contribution is 0.298. The number of rotatable bonds is 7. The third kappa shape index (κ3) is 3.88. The molecule has 20 heavy (non-hydrogen) atoms. The molecule has 0 unspecified atom stereocenters. The molecule has 0 radical (unpaired) electrons. The summed E-state index contributed by atoms with van der Waals surface area (Å²) in [7, 11) is 3.52. The highest BCUT2D eigenvalue weighted by Crippen LogP contribution is 2.36. The van der Waals surface area contributed by atoms with Gasteiger partial charge >= 0.3 is 0 Å². The molecule has 0 fully saturated rings. The van der Waals surface area contributed by atoms with Gasteiger partial charge in [-0.05, 0) is 36.2 Å². The van der Waals surface area contributed by atoms with Crippen LogP contribution < -0.4 is 14.8 Å². The zero-order valence-corrected chi connectivity index (χ0v) is 13.2. The first-order chi connectivity index (χ1) is 9.74. The Morgan fingerprint density at radius 1 is 1.35 bits per heavy atom. The first-order valence-electron chi connectivity index (χ1n) is 6.40. The molecule has 1 aromatic carbocycles. The van der Waals surface area contributed by atoms with Crippen LogP contribution in [0.3, 0.4) is 0 Å². The van der Waals surface area contributed by atoms with Gasteiger partial charge in [0.2, 0.25) is 0 Å². The van der Waals surface area contributed by atoms with Crippen LogP contribution in [0.15, 0.2) is 29.6 Å². The van der Waals surface area contributed by atoms with Crippen molar-refractivity contribution in [3.8, 4) is 11.5 Å². The lowest BCUT2D eigenvalue weighted by Gasteiger charge is -2.14. The molecule has 0 spiro atoms. The van der Waals surface area contributed by atoms with Crippen LogP contribution in [0.4, 0.5) is 0 Å². The zero-order chi connectivity index (χ0) is 14.4. The summed E-state index contributed by atoms with van der Waals surface area (Å²) in [4.78, 5) is 1.30. The fraction of sp³-hybridized carbons (Fsp3) is 0.333. The summed E-state index contributed by atoms with van der Waals surface area (Å²) in [6.45, 7) is 1.33. The molecule has 1 heterocycles. The second-order valence-electron chi connectivity index (χ2n) is 4.32. The van der Waals surface area contributed by atoms with E-state index in [1.54, 1.807) is 18.4 Å². The SMILES string of the molecule is CNCc1cc(Cl)c(OCCc2cccs2)c(OC)c1. The van der Waals surface area contributed by atoms with Crippen molar-refractivity contribution < 1.29 is 9.47 Å². The molecule has 0 saturated carbocycles. The van der Waals surface area contributed by atoms with Crippen molar-refractivity contribution >= 4 is 22.9 Å². The molecule has 0 aliphatic rings. The van der Waals surface area contributed by atoms with Gasteiger partial charge in [0, 0.05) is 17.8 Å². The summed E-state index contributed by atoms with van der Waals surface area (Å²) in [5.41, 5.74) is 1.07. The van der Waals surface area contributed by atoms with Crippen LogP contribution in [0.25, 0.3) is 0 Å². The van der Waals surface area contributed by atoms with Gasteiger partial charge in [0.05, 0.1) is 18.7 Å². The van der Waals surface area contributed by atoms with Crippen LogP contribution in [0.5, 0.6) is 11.5 Å². The van der Waals surface area contributed by atoms with Gasteiger partial charge in [-0.15, -0.1) is 11.3 Å². The maximum absolute atomic E-state index is 6.28. The molecule has 1 aromatic heterocycles. The average Bonchev–Trinajstić information content (AvgIpc) is 2.94. The minimum Gasteiger partial charge on any atom is -0.493 e. The fourth-order valence-electron chi connectivity index (χ4n) is 1.93. The minimum absolute atomic E-state index is 0.584. The number of nitrogens with one attached hydrogen (secondary N) is 1. The first kappa shape index (κ1) is 15.2. The number of methoxy groups -OCH3 is 1. The van der Waals surface area contributed by atoms with Crippen molar-refractivity contribution in [2.24, 2.45) is 0 Å². The smallest absolute Gasteiger partial charge is 0.179 e. The fourth-order valence-corrected chi connectivity index (χ4v) is 2.91. The lowest BCUT2D eigenvalue weighted by atomic mass is 10.2. The van der Waals surface area contributed by atoms with Gasteiger partial charge in [0.1, 0.15) is 0 Å². The van der Waals surface area contributed by atoms with Crippen molar-refractivity contribution in [2.75, 3.05) is 20.8 Å². The van der Waals surface area contributed by atoms with E-state index >= 15 is 0 Å². The highest BCUT2D eigenvalue weighted by molar-refractivity contribution is 7.09. The second-order valence-corrected chi connectivity index (χ2v) is 5.76. The molecule has 0 saturated heterocycles. The minimum atomic E-state index is 0.584. The predicted octanol–water partition coefficient (Wildman–Crippen LogP) is 3.75. The normalized spacial score (nSPS) is 10.6. The molecular formula is C15H18ClNO2S. The summed E-state index contributed by atoms with van der Waals surface area (Å²) in [5.74, 6) is 1.29. The maximum Gasteiger partial charge on any atom is 0.179 e. The summed E-state index contributed by atoms with van der Waals surface area (Å²) in [5, 5.41) is 5.74. The van der Waals surface area contributed by atoms with E-state index in [9.17, 15) is 0 Å². The van der Waals surface area contributed by atoms with Crippen LogP contribution in [-0.2, 0) is 13.0 Å². The van der Waals surface area contributed by atoms with Gasteiger partial charge in [0.15, 0.2) is 11.5 Å². The van der Waals surface area contributed by atoms with Crippen molar-refractivity contribution in [3.05, 3.63) is 45.1 Å². The Kier molecular flexibility index (Phi) is 5.71. The Bertz CT molecular complexity index is 543. The van der Waals surface area contributed by atoms with Crippen LogP contribution in [0, 0.1) is 0 Å². The molecule has 1 N–H and O–H groups in total. The Morgan fingerprint density at radius 2 is 2.20 bits per heavy atom. The van der Waals surface area contributed by atoms with E-state index < -0.39 is 0 Å². The molecule has 3 nitrogen and oxygen atoms in total. The van der Waals surface area contributed by atoms with E-state index in [2.05, 4.69) is 16.8 Å². The lowest BCUT2D eigenvalue weighted by Crippen LogP contribution is -2.07. The Labute approximate surface area is 128 Å². The molecule has 5 heteroatoms. The summed E-state index contributed by atoms with van der Waals surface area (Å²) in [6, 6.07) is 7.99. The zero-order valence-electron chi connectivity index (χ0n) is 11.6. The van der Waals surface area contributed by atoms with Gasteiger partial charge in [-0.3, -0.25) is 0 Å². The molecular weight excluding hydrogens is 294 g/mol.